The summed E-state index contributed by atoms with van der Waals surface area (Å²) in [5, 5.41) is 3.57. The van der Waals surface area contributed by atoms with Crippen LogP contribution < -0.4 is 19.7 Å². The second-order valence-electron chi connectivity index (χ2n) is 9.36. The van der Waals surface area contributed by atoms with Gasteiger partial charge in [-0.1, -0.05) is 0 Å². The maximum Gasteiger partial charge on any atom is 0.149 e. The van der Waals surface area contributed by atoms with Crippen molar-refractivity contribution < 1.29 is 18.9 Å². The molecular formula is C26H31N5O4. The second kappa shape index (κ2) is 10.2. The summed E-state index contributed by atoms with van der Waals surface area (Å²) < 4.78 is 23.0. The lowest BCUT2D eigenvalue weighted by Gasteiger charge is -2.31. The molecule has 9 heteroatoms. The van der Waals surface area contributed by atoms with E-state index in [-0.39, 0.29) is 12.2 Å². The topological polar surface area (TPSA) is 90.9 Å². The molecule has 1 aliphatic carbocycles. The van der Waals surface area contributed by atoms with Crippen molar-refractivity contribution in [1.82, 2.24) is 15.0 Å². The van der Waals surface area contributed by atoms with Crippen molar-refractivity contribution in [3.8, 4) is 11.5 Å². The molecule has 184 valence electrons. The zero-order valence-corrected chi connectivity index (χ0v) is 19.8. The smallest absolute Gasteiger partial charge is 0.149 e. The number of aromatic nitrogens is 3. The Hall–Kier alpha value is -3.17. The van der Waals surface area contributed by atoms with E-state index >= 15 is 0 Å². The summed E-state index contributed by atoms with van der Waals surface area (Å²) in [6, 6.07) is 8.56. The van der Waals surface area contributed by atoms with Crippen molar-refractivity contribution in [1.29, 1.82) is 0 Å². The molecule has 1 N–H and O–H groups in total. The minimum absolute atomic E-state index is 0.156. The van der Waals surface area contributed by atoms with Crippen LogP contribution in [0.1, 0.15) is 25.7 Å². The van der Waals surface area contributed by atoms with E-state index < -0.39 is 0 Å². The molecule has 1 saturated carbocycles. The van der Waals surface area contributed by atoms with Crippen LogP contribution in [-0.2, 0) is 9.47 Å². The number of rotatable bonds is 7. The summed E-state index contributed by atoms with van der Waals surface area (Å²) in [6.07, 6.45) is 9.56. The van der Waals surface area contributed by atoms with Gasteiger partial charge in [0, 0.05) is 43.3 Å². The third-order valence-corrected chi connectivity index (χ3v) is 6.87. The summed E-state index contributed by atoms with van der Waals surface area (Å²) in [5.41, 5.74) is 2.81. The van der Waals surface area contributed by atoms with Crippen LogP contribution in [0.3, 0.4) is 0 Å². The molecule has 3 aliphatic rings. The van der Waals surface area contributed by atoms with E-state index in [1.54, 1.807) is 18.6 Å². The van der Waals surface area contributed by atoms with E-state index in [9.17, 15) is 0 Å². The summed E-state index contributed by atoms with van der Waals surface area (Å²) in [5.74, 6) is 2.49. The molecule has 0 atom stereocenters. The maximum absolute atomic E-state index is 6.54. The minimum Gasteiger partial charge on any atom is -0.488 e. The third kappa shape index (κ3) is 5.26. The SMILES string of the molecule is c1cnc2c(OC3CCC(Nc4ccc(OC5COC5)cn4)CC3)cc(N3CCOCC3)cc2n1. The highest BCUT2D eigenvalue weighted by molar-refractivity contribution is 5.85. The quantitative estimate of drug-likeness (QED) is 0.549. The number of hydrogen-bond donors (Lipinski definition) is 1. The van der Waals surface area contributed by atoms with Gasteiger partial charge in [0.1, 0.15) is 28.9 Å². The normalized spacial score (nSPS) is 23.0. The van der Waals surface area contributed by atoms with E-state index in [2.05, 4.69) is 37.3 Å². The number of nitrogens with one attached hydrogen (secondary N) is 1. The summed E-state index contributed by atoms with van der Waals surface area (Å²) >= 11 is 0. The van der Waals surface area contributed by atoms with Crippen molar-refractivity contribution in [2.24, 2.45) is 0 Å². The number of ether oxygens (including phenoxy) is 4. The predicted octanol–water partition coefficient (Wildman–Crippen LogP) is 3.44. The molecule has 3 fully saturated rings. The fraction of sp³-hybridized carbons (Fsp3) is 0.500. The highest BCUT2D eigenvalue weighted by Crippen LogP contribution is 2.33. The molecule has 2 aliphatic heterocycles. The Morgan fingerprint density at radius 2 is 1.69 bits per heavy atom. The van der Waals surface area contributed by atoms with Gasteiger partial charge < -0.3 is 29.2 Å². The van der Waals surface area contributed by atoms with Gasteiger partial charge in [-0.3, -0.25) is 4.98 Å². The molecule has 0 unspecified atom stereocenters. The Bertz CT molecular complexity index is 1130. The van der Waals surface area contributed by atoms with Gasteiger partial charge in [-0.2, -0.15) is 0 Å². The van der Waals surface area contributed by atoms with Crippen LogP contribution in [0, 0.1) is 0 Å². The second-order valence-corrected chi connectivity index (χ2v) is 9.36. The number of pyridine rings is 1. The average Bonchev–Trinajstić information content (AvgIpc) is 2.89. The van der Waals surface area contributed by atoms with Gasteiger partial charge in [0.2, 0.25) is 0 Å². The molecular weight excluding hydrogens is 446 g/mol. The van der Waals surface area contributed by atoms with E-state index in [1.807, 2.05) is 12.1 Å². The van der Waals surface area contributed by atoms with E-state index in [0.717, 1.165) is 86.0 Å². The zero-order chi connectivity index (χ0) is 23.5. The molecule has 6 rings (SSSR count). The van der Waals surface area contributed by atoms with Gasteiger partial charge in [0.25, 0.3) is 0 Å². The van der Waals surface area contributed by atoms with Gasteiger partial charge in [0.15, 0.2) is 0 Å². The standard InChI is InChI=1S/C26H31N5O4/c1-3-20(4-2-18(1)30-25-6-5-21(15-29-25)34-22-16-33-17-22)35-24-14-19(31-9-11-32-12-10-31)13-23-26(24)28-8-7-27-23/h5-8,13-15,18,20,22H,1-4,9-12,16-17H2,(H,29,30). The molecule has 1 aromatic carbocycles. The number of fused-ring (bicyclic) bond motifs is 1. The average molecular weight is 478 g/mol. The molecule has 2 aromatic heterocycles. The van der Waals surface area contributed by atoms with Crippen LogP contribution in [0.4, 0.5) is 11.5 Å². The Kier molecular flexibility index (Phi) is 6.51. The van der Waals surface area contributed by atoms with Crippen molar-refractivity contribution >= 4 is 22.5 Å². The Morgan fingerprint density at radius 3 is 2.43 bits per heavy atom. The molecule has 3 aromatic rings. The lowest BCUT2D eigenvalue weighted by atomic mass is 9.93. The summed E-state index contributed by atoms with van der Waals surface area (Å²) in [7, 11) is 0. The van der Waals surface area contributed by atoms with Gasteiger partial charge in [-0.05, 0) is 43.9 Å². The molecule has 2 saturated heterocycles. The predicted molar refractivity (Wildman–Crippen MR) is 132 cm³/mol. The molecule has 0 bridgehead atoms. The van der Waals surface area contributed by atoms with E-state index in [4.69, 9.17) is 18.9 Å². The van der Waals surface area contributed by atoms with Crippen LogP contribution in [-0.4, -0.2) is 72.7 Å². The lowest BCUT2D eigenvalue weighted by molar-refractivity contribution is -0.0797. The number of nitrogens with zero attached hydrogens (tertiary/aromatic N) is 4. The fourth-order valence-electron chi connectivity index (χ4n) is 4.85. The minimum atomic E-state index is 0.156. The van der Waals surface area contributed by atoms with Crippen LogP contribution in [0.5, 0.6) is 11.5 Å². The molecule has 0 spiro atoms. The molecule has 9 nitrogen and oxygen atoms in total. The van der Waals surface area contributed by atoms with Crippen molar-refractivity contribution in [2.45, 2.75) is 43.9 Å². The monoisotopic (exact) mass is 477 g/mol. The van der Waals surface area contributed by atoms with Gasteiger partial charge in [-0.25, -0.2) is 9.97 Å². The van der Waals surface area contributed by atoms with Crippen molar-refractivity contribution in [2.75, 3.05) is 49.7 Å². The lowest BCUT2D eigenvalue weighted by Crippen LogP contribution is -2.38. The first-order valence-corrected chi connectivity index (χ1v) is 12.5. The van der Waals surface area contributed by atoms with Crippen LogP contribution >= 0.6 is 0 Å². The van der Waals surface area contributed by atoms with Crippen molar-refractivity contribution in [3.05, 3.63) is 42.9 Å². The van der Waals surface area contributed by atoms with Crippen molar-refractivity contribution in [3.63, 3.8) is 0 Å². The fourth-order valence-corrected chi connectivity index (χ4v) is 4.85. The van der Waals surface area contributed by atoms with Crippen LogP contribution in [0.25, 0.3) is 11.0 Å². The van der Waals surface area contributed by atoms with E-state index in [0.29, 0.717) is 19.3 Å². The first-order valence-electron chi connectivity index (χ1n) is 12.5. The summed E-state index contributed by atoms with van der Waals surface area (Å²) in [6.45, 7) is 4.55. The first-order chi connectivity index (χ1) is 17.3. The van der Waals surface area contributed by atoms with Crippen LogP contribution in [0.2, 0.25) is 0 Å². The van der Waals surface area contributed by atoms with Gasteiger partial charge >= 0.3 is 0 Å². The number of hydrogen-bond acceptors (Lipinski definition) is 9. The highest BCUT2D eigenvalue weighted by Gasteiger charge is 2.25. The zero-order valence-electron chi connectivity index (χ0n) is 19.8. The first kappa shape index (κ1) is 22.3. The largest absolute Gasteiger partial charge is 0.488 e. The molecule has 0 radical (unpaired) electrons. The number of morpholine rings is 1. The Balaban J connectivity index is 1.07. The van der Waals surface area contributed by atoms with E-state index in [1.165, 1.54) is 0 Å². The molecule has 35 heavy (non-hydrogen) atoms. The molecule has 4 heterocycles. The Morgan fingerprint density at radius 1 is 0.857 bits per heavy atom. The van der Waals surface area contributed by atoms with Gasteiger partial charge in [-0.15, -0.1) is 0 Å². The Labute approximate surface area is 204 Å². The number of anilines is 2. The highest BCUT2D eigenvalue weighted by atomic mass is 16.6. The summed E-state index contributed by atoms with van der Waals surface area (Å²) in [4.78, 5) is 16.0. The number of benzene rings is 1. The van der Waals surface area contributed by atoms with Crippen LogP contribution in [0.15, 0.2) is 42.9 Å². The third-order valence-electron chi connectivity index (χ3n) is 6.87. The molecule has 0 amide bonds. The van der Waals surface area contributed by atoms with Gasteiger partial charge in [0.05, 0.1) is 44.2 Å². The maximum atomic E-state index is 6.54.